The number of rotatable bonds is 7. The number of nitrogens with zero attached hydrogens (tertiary/aromatic N) is 1. The van der Waals surface area contributed by atoms with Crippen molar-refractivity contribution in [1.29, 1.82) is 0 Å². The van der Waals surface area contributed by atoms with Gasteiger partial charge in [0.05, 0.1) is 7.11 Å². The Morgan fingerprint density at radius 1 is 1.12 bits per heavy atom. The van der Waals surface area contributed by atoms with E-state index in [1.54, 1.807) is 18.9 Å². The van der Waals surface area contributed by atoms with Gasteiger partial charge in [-0.3, -0.25) is 4.79 Å². The van der Waals surface area contributed by atoms with Crippen LogP contribution in [0.5, 0.6) is 11.5 Å². The Bertz CT molecular complexity index is 667. The first-order valence-electron chi connectivity index (χ1n) is 8.18. The largest absolute Gasteiger partial charge is 0.497 e. The molecule has 1 amide bonds. The highest BCUT2D eigenvalue weighted by Gasteiger charge is 2.21. The van der Waals surface area contributed by atoms with Crippen molar-refractivity contribution in [2.24, 2.45) is 0 Å². The molecule has 0 bridgehead atoms. The summed E-state index contributed by atoms with van der Waals surface area (Å²) < 4.78 is 11.0. The molecule has 0 aliphatic carbocycles. The Kier molecular flexibility index (Phi) is 6.24. The summed E-state index contributed by atoms with van der Waals surface area (Å²) in [4.78, 5) is 14.5. The summed E-state index contributed by atoms with van der Waals surface area (Å²) in [6.07, 6.45) is -0.523. The van der Waals surface area contributed by atoms with Crippen LogP contribution in [0.1, 0.15) is 25.0 Å². The van der Waals surface area contributed by atoms with Crippen LogP contribution < -0.4 is 9.47 Å². The highest BCUT2D eigenvalue weighted by molar-refractivity contribution is 5.80. The normalized spacial score (nSPS) is 11.7. The number of likely N-dealkylation sites (N-methyl/N-ethyl adjacent to an activating group) is 1. The van der Waals surface area contributed by atoms with Gasteiger partial charge in [0.15, 0.2) is 6.10 Å². The topological polar surface area (TPSA) is 38.8 Å². The molecule has 2 rings (SSSR count). The van der Waals surface area contributed by atoms with Crippen molar-refractivity contribution in [1.82, 2.24) is 4.90 Å². The van der Waals surface area contributed by atoms with Crippen molar-refractivity contribution in [2.45, 2.75) is 33.4 Å². The van der Waals surface area contributed by atoms with Crippen LogP contribution in [0.25, 0.3) is 0 Å². The Balaban J connectivity index is 2.01. The average Bonchev–Trinajstić information content (AvgIpc) is 2.59. The lowest BCUT2D eigenvalue weighted by Gasteiger charge is -2.25. The van der Waals surface area contributed by atoms with Gasteiger partial charge in [-0.15, -0.1) is 0 Å². The van der Waals surface area contributed by atoms with Crippen LogP contribution in [0.3, 0.4) is 0 Å². The molecule has 1 atom stereocenters. The minimum atomic E-state index is -0.523. The van der Waals surface area contributed by atoms with E-state index < -0.39 is 6.10 Å². The SMILES string of the molecule is CCN(Cc1ccc(OC)cc1)C(=O)C(C)Oc1cccc(C)c1. The number of carbonyl (C=O) groups is 1. The van der Waals surface area contributed by atoms with Gasteiger partial charge in [-0.05, 0) is 56.2 Å². The number of methoxy groups -OCH3 is 1. The van der Waals surface area contributed by atoms with Crippen molar-refractivity contribution in [3.8, 4) is 11.5 Å². The zero-order valence-corrected chi connectivity index (χ0v) is 14.8. The maximum atomic E-state index is 12.7. The first-order chi connectivity index (χ1) is 11.5. The fourth-order valence-electron chi connectivity index (χ4n) is 2.50. The molecule has 0 spiro atoms. The first-order valence-corrected chi connectivity index (χ1v) is 8.18. The summed E-state index contributed by atoms with van der Waals surface area (Å²) in [5.41, 5.74) is 2.17. The van der Waals surface area contributed by atoms with Gasteiger partial charge in [0.1, 0.15) is 11.5 Å². The maximum Gasteiger partial charge on any atom is 0.263 e. The molecule has 0 radical (unpaired) electrons. The summed E-state index contributed by atoms with van der Waals surface area (Å²) in [7, 11) is 1.64. The van der Waals surface area contributed by atoms with Gasteiger partial charge in [-0.1, -0.05) is 24.3 Å². The van der Waals surface area contributed by atoms with E-state index in [-0.39, 0.29) is 5.91 Å². The number of aryl methyl sites for hydroxylation is 1. The molecule has 4 heteroatoms. The Morgan fingerprint density at radius 2 is 1.83 bits per heavy atom. The van der Waals surface area contributed by atoms with E-state index in [2.05, 4.69) is 0 Å². The second-order valence-electron chi connectivity index (χ2n) is 5.78. The fourth-order valence-corrected chi connectivity index (χ4v) is 2.50. The predicted octanol–water partition coefficient (Wildman–Crippen LogP) is 3.82. The lowest BCUT2D eigenvalue weighted by Crippen LogP contribution is -2.39. The Morgan fingerprint density at radius 3 is 2.42 bits per heavy atom. The smallest absolute Gasteiger partial charge is 0.263 e. The van der Waals surface area contributed by atoms with Crippen molar-refractivity contribution in [2.75, 3.05) is 13.7 Å². The van der Waals surface area contributed by atoms with Gasteiger partial charge < -0.3 is 14.4 Å². The zero-order valence-electron chi connectivity index (χ0n) is 14.8. The predicted molar refractivity (Wildman–Crippen MR) is 95.4 cm³/mol. The molecule has 4 nitrogen and oxygen atoms in total. The van der Waals surface area contributed by atoms with E-state index in [9.17, 15) is 4.79 Å². The van der Waals surface area contributed by atoms with Gasteiger partial charge in [0, 0.05) is 13.1 Å². The van der Waals surface area contributed by atoms with Gasteiger partial charge in [0.25, 0.3) is 5.91 Å². The van der Waals surface area contributed by atoms with E-state index in [1.807, 2.05) is 62.4 Å². The van der Waals surface area contributed by atoms with Gasteiger partial charge in [-0.2, -0.15) is 0 Å². The average molecular weight is 327 g/mol. The van der Waals surface area contributed by atoms with Crippen LogP contribution in [-0.4, -0.2) is 30.6 Å². The molecule has 0 aromatic heterocycles. The number of amides is 1. The van der Waals surface area contributed by atoms with Crippen LogP contribution >= 0.6 is 0 Å². The van der Waals surface area contributed by atoms with Crippen LogP contribution in [0, 0.1) is 6.92 Å². The lowest BCUT2D eigenvalue weighted by atomic mass is 10.2. The lowest BCUT2D eigenvalue weighted by molar-refractivity contribution is -0.138. The zero-order chi connectivity index (χ0) is 17.5. The summed E-state index contributed by atoms with van der Waals surface area (Å²) in [5, 5.41) is 0. The van der Waals surface area contributed by atoms with Gasteiger partial charge >= 0.3 is 0 Å². The molecule has 0 aliphatic rings. The minimum absolute atomic E-state index is 0.0187. The van der Waals surface area contributed by atoms with E-state index in [0.29, 0.717) is 13.1 Å². The maximum absolute atomic E-state index is 12.7. The van der Waals surface area contributed by atoms with Crippen LogP contribution in [0.2, 0.25) is 0 Å². The third-order valence-electron chi connectivity index (χ3n) is 3.88. The Hall–Kier alpha value is -2.49. The molecule has 0 saturated heterocycles. The molecule has 0 fully saturated rings. The van der Waals surface area contributed by atoms with Crippen LogP contribution in [0.4, 0.5) is 0 Å². The van der Waals surface area contributed by atoms with Gasteiger partial charge in [-0.25, -0.2) is 0 Å². The third-order valence-corrected chi connectivity index (χ3v) is 3.88. The molecule has 0 N–H and O–H groups in total. The van der Waals surface area contributed by atoms with Crippen LogP contribution in [-0.2, 0) is 11.3 Å². The number of carbonyl (C=O) groups excluding carboxylic acids is 1. The first kappa shape index (κ1) is 17.9. The fraction of sp³-hybridized carbons (Fsp3) is 0.350. The highest BCUT2D eigenvalue weighted by Crippen LogP contribution is 2.17. The van der Waals surface area contributed by atoms with E-state index in [0.717, 1.165) is 22.6 Å². The molecular weight excluding hydrogens is 302 g/mol. The quantitative estimate of drug-likeness (QED) is 0.776. The minimum Gasteiger partial charge on any atom is -0.497 e. The van der Waals surface area contributed by atoms with Crippen molar-refractivity contribution in [3.05, 3.63) is 59.7 Å². The number of ether oxygens (including phenoxy) is 2. The summed E-state index contributed by atoms with van der Waals surface area (Å²) in [5.74, 6) is 1.51. The second kappa shape index (κ2) is 8.39. The molecule has 2 aromatic carbocycles. The summed E-state index contributed by atoms with van der Waals surface area (Å²) >= 11 is 0. The summed E-state index contributed by atoms with van der Waals surface area (Å²) in [6.45, 7) is 6.96. The molecule has 1 unspecified atom stereocenters. The highest BCUT2D eigenvalue weighted by atomic mass is 16.5. The number of hydrogen-bond acceptors (Lipinski definition) is 3. The number of benzene rings is 2. The summed E-state index contributed by atoms with van der Waals surface area (Å²) in [6, 6.07) is 15.5. The molecule has 0 heterocycles. The van der Waals surface area contributed by atoms with E-state index >= 15 is 0 Å². The van der Waals surface area contributed by atoms with E-state index in [4.69, 9.17) is 9.47 Å². The van der Waals surface area contributed by atoms with Crippen molar-refractivity contribution >= 4 is 5.91 Å². The molecule has 2 aromatic rings. The molecule has 0 aliphatic heterocycles. The van der Waals surface area contributed by atoms with Crippen LogP contribution in [0.15, 0.2) is 48.5 Å². The standard InChI is InChI=1S/C20H25NO3/c1-5-21(14-17-9-11-18(23-4)12-10-17)20(22)16(3)24-19-8-6-7-15(2)13-19/h6-13,16H,5,14H2,1-4H3. The molecular formula is C20H25NO3. The van der Waals surface area contributed by atoms with Gasteiger partial charge in [0.2, 0.25) is 0 Å². The molecule has 128 valence electrons. The van der Waals surface area contributed by atoms with E-state index in [1.165, 1.54) is 0 Å². The molecule has 24 heavy (non-hydrogen) atoms. The Labute approximate surface area is 144 Å². The third kappa shape index (κ3) is 4.75. The van der Waals surface area contributed by atoms with Crippen molar-refractivity contribution < 1.29 is 14.3 Å². The number of hydrogen-bond donors (Lipinski definition) is 0. The second-order valence-corrected chi connectivity index (χ2v) is 5.78. The monoisotopic (exact) mass is 327 g/mol. The van der Waals surface area contributed by atoms with Crippen molar-refractivity contribution in [3.63, 3.8) is 0 Å². The molecule has 0 saturated carbocycles.